The maximum absolute atomic E-state index is 13.2. The molecule has 0 aromatic heterocycles. The van der Waals surface area contributed by atoms with Crippen LogP contribution in [-0.4, -0.2) is 41.2 Å². The summed E-state index contributed by atoms with van der Waals surface area (Å²) < 4.78 is 31.6. The number of halogens is 4. The first kappa shape index (κ1) is 28.9. The van der Waals surface area contributed by atoms with Crippen molar-refractivity contribution in [2.45, 2.75) is 44.1 Å². The Hall–Kier alpha value is -3.14. The van der Waals surface area contributed by atoms with E-state index in [2.05, 4.69) is 21.2 Å². The van der Waals surface area contributed by atoms with Gasteiger partial charge in [-0.25, -0.2) is 8.78 Å². The Balaban J connectivity index is 1.51. The molecule has 3 aromatic rings. The van der Waals surface area contributed by atoms with Crippen LogP contribution < -0.4 is 10.1 Å². The van der Waals surface area contributed by atoms with E-state index in [-0.39, 0.29) is 46.3 Å². The molecule has 0 bridgehead atoms. The van der Waals surface area contributed by atoms with Crippen LogP contribution in [0.3, 0.4) is 0 Å². The molecule has 0 saturated heterocycles. The van der Waals surface area contributed by atoms with Crippen LogP contribution in [0.2, 0.25) is 5.02 Å². The molecule has 204 valence electrons. The summed E-state index contributed by atoms with van der Waals surface area (Å²) in [5, 5.41) is 12.9. The number of alkyl halides is 2. The van der Waals surface area contributed by atoms with E-state index in [0.29, 0.717) is 30.5 Å². The van der Waals surface area contributed by atoms with Crippen molar-refractivity contribution < 1.29 is 33.0 Å². The third-order valence-electron chi connectivity index (χ3n) is 6.33. The van der Waals surface area contributed by atoms with Gasteiger partial charge in [-0.1, -0.05) is 39.7 Å². The van der Waals surface area contributed by atoms with Gasteiger partial charge in [0.25, 0.3) is 12.3 Å². The average Bonchev–Trinajstić information content (AvgIpc) is 3.66. The number of nitrogens with one attached hydrogen (secondary N) is 1. The number of benzene rings is 3. The zero-order valence-corrected chi connectivity index (χ0v) is 23.0. The standard InChI is InChI=1S/C29H25BrClF2NO5/c30-19-4-6-20(7-5-19)34-28(37)22-14-18(2-9-25(22)39-16-27(32)33)15-24(35)21-13-17(1-8-23(21)31)3-10-26(36)29(38)11-12-29/h1-2,4-9,13-14,27,38H,3,10-12,15-16H2,(H,34,37). The van der Waals surface area contributed by atoms with Gasteiger partial charge in [-0.2, -0.15) is 0 Å². The van der Waals surface area contributed by atoms with E-state index in [1.807, 2.05) is 0 Å². The third kappa shape index (κ3) is 7.71. The number of anilines is 1. The molecule has 10 heteroatoms. The summed E-state index contributed by atoms with van der Waals surface area (Å²) >= 11 is 9.61. The minimum Gasteiger partial charge on any atom is -0.487 e. The number of aliphatic hydroxyl groups is 1. The van der Waals surface area contributed by atoms with Gasteiger partial charge >= 0.3 is 0 Å². The Morgan fingerprint density at radius 1 is 1.00 bits per heavy atom. The molecule has 0 aliphatic heterocycles. The van der Waals surface area contributed by atoms with Gasteiger partial charge in [0, 0.05) is 28.6 Å². The highest BCUT2D eigenvalue weighted by Gasteiger charge is 2.46. The lowest BCUT2D eigenvalue weighted by atomic mass is 9.97. The summed E-state index contributed by atoms with van der Waals surface area (Å²) in [5.41, 5.74) is 0.729. The molecule has 2 N–H and O–H groups in total. The maximum Gasteiger partial charge on any atom is 0.272 e. The van der Waals surface area contributed by atoms with Crippen molar-refractivity contribution in [3.05, 3.63) is 92.4 Å². The zero-order chi connectivity index (χ0) is 28.2. The number of ketones is 2. The molecule has 4 rings (SSSR count). The second kappa shape index (κ2) is 12.4. The van der Waals surface area contributed by atoms with E-state index in [4.69, 9.17) is 16.3 Å². The highest BCUT2D eigenvalue weighted by molar-refractivity contribution is 9.10. The van der Waals surface area contributed by atoms with Gasteiger partial charge < -0.3 is 15.2 Å². The second-order valence-corrected chi connectivity index (χ2v) is 10.7. The lowest BCUT2D eigenvalue weighted by molar-refractivity contribution is -0.129. The molecule has 3 aromatic carbocycles. The van der Waals surface area contributed by atoms with Crippen LogP contribution in [0.1, 0.15) is 51.1 Å². The minimum absolute atomic E-state index is 0.000220. The fraction of sp³-hybridized carbons (Fsp3) is 0.276. The number of carbonyl (C=O) groups is 3. The molecule has 0 unspecified atom stereocenters. The Bertz CT molecular complexity index is 1390. The van der Waals surface area contributed by atoms with Gasteiger partial charge in [-0.15, -0.1) is 0 Å². The summed E-state index contributed by atoms with van der Waals surface area (Å²) in [6.07, 6.45) is -1.38. The zero-order valence-electron chi connectivity index (χ0n) is 20.7. The molecule has 6 nitrogen and oxygen atoms in total. The lowest BCUT2D eigenvalue weighted by Gasteiger charge is -2.14. The number of aryl methyl sites for hydroxylation is 1. The van der Waals surface area contributed by atoms with E-state index in [9.17, 15) is 28.3 Å². The number of ether oxygens (including phenoxy) is 1. The summed E-state index contributed by atoms with van der Waals surface area (Å²) in [6.45, 7) is -0.890. The summed E-state index contributed by atoms with van der Waals surface area (Å²) in [7, 11) is 0. The number of hydrogen-bond acceptors (Lipinski definition) is 5. The highest BCUT2D eigenvalue weighted by atomic mass is 79.9. The quantitative estimate of drug-likeness (QED) is 0.227. The number of carbonyl (C=O) groups excluding carboxylic acids is 3. The van der Waals surface area contributed by atoms with E-state index in [0.717, 1.165) is 10.0 Å². The molecule has 1 aliphatic carbocycles. The van der Waals surface area contributed by atoms with Crippen LogP contribution >= 0.6 is 27.5 Å². The van der Waals surface area contributed by atoms with Crippen molar-refractivity contribution in [2.75, 3.05) is 11.9 Å². The first-order valence-corrected chi connectivity index (χ1v) is 13.4. The molecular formula is C29H25BrClF2NO5. The Morgan fingerprint density at radius 3 is 2.33 bits per heavy atom. The van der Waals surface area contributed by atoms with Crippen molar-refractivity contribution >= 4 is 50.7 Å². The average molecular weight is 621 g/mol. The van der Waals surface area contributed by atoms with E-state index in [1.54, 1.807) is 42.5 Å². The van der Waals surface area contributed by atoms with Gasteiger partial charge in [0.2, 0.25) is 0 Å². The molecule has 39 heavy (non-hydrogen) atoms. The van der Waals surface area contributed by atoms with Crippen molar-refractivity contribution in [1.82, 2.24) is 0 Å². The molecule has 1 aliphatic rings. The molecule has 0 spiro atoms. The second-order valence-electron chi connectivity index (χ2n) is 9.36. The van der Waals surface area contributed by atoms with Gasteiger partial charge in [0.1, 0.15) is 18.0 Å². The monoisotopic (exact) mass is 619 g/mol. The molecular weight excluding hydrogens is 596 g/mol. The van der Waals surface area contributed by atoms with Crippen molar-refractivity contribution in [2.24, 2.45) is 0 Å². The van der Waals surface area contributed by atoms with E-state index >= 15 is 0 Å². The van der Waals surface area contributed by atoms with Gasteiger partial charge in [-0.3, -0.25) is 14.4 Å². The van der Waals surface area contributed by atoms with Crippen molar-refractivity contribution in [3.63, 3.8) is 0 Å². The first-order valence-electron chi connectivity index (χ1n) is 12.2. The summed E-state index contributed by atoms with van der Waals surface area (Å²) in [5.74, 6) is -1.16. The van der Waals surface area contributed by atoms with Crippen molar-refractivity contribution in [3.8, 4) is 5.75 Å². The number of Topliss-reactive ketones (excluding diaryl/α,β-unsaturated/α-hetero) is 2. The fourth-order valence-corrected chi connectivity index (χ4v) is 4.47. The van der Waals surface area contributed by atoms with Crippen molar-refractivity contribution in [1.29, 1.82) is 0 Å². The number of hydrogen-bond donors (Lipinski definition) is 2. The topological polar surface area (TPSA) is 92.7 Å². The van der Waals surface area contributed by atoms with Crippen LogP contribution in [0.4, 0.5) is 14.5 Å². The molecule has 1 fully saturated rings. The SMILES string of the molecule is O=C(Cc1ccc(OCC(F)F)c(C(=O)Nc2ccc(Br)cc2)c1)c1cc(CCC(=O)C2(O)CC2)ccc1Cl. The van der Waals surface area contributed by atoms with Crippen LogP contribution in [0.25, 0.3) is 0 Å². The predicted molar refractivity (Wildman–Crippen MR) is 147 cm³/mol. The largest absolute Gasteiger partial charge is 0.487 e. The minimum atomic E-state index is -2.73. The Kier molecular flexibility index (Phi) is 9.15. The molecule has 0 radical (unpaired) electrons. The molecule has 1 amide bonds. The van der Waals surface area contributed by atoms with Crippen LogP contribution in [0.5, 0.6) is 5.75 Å². The predicted octanol–water partition coefficient (Wildman–Crippen LogP) is 6.45. The van der Waals surface area contributed by atoms with E-state index < -0.39 is 24.5 Å². The molecule has 1 saturated carbocycles. The lowest BCUT2D eigenvalue weighted by Crippen LogP contribution is -2.22. The fourth-order valence-electron chi connectivity index (χ4n) is 3.98. The normalized spacial score (nSPS) is 13.7. The number of amides is 1. The Labute approximate surface area is 237 Å². The number of rotatable bonds is 12. The molecule has 0 heterocycles. The molecule has 0 atom stereocenters. The van der Waals surface area contributed by atoms with Gasteiger partial charge in [-0.05, 0) is 78.9 Å². The van der Waals surface area contributed by atoms with Crippen LogP contribution in [0.15, 0.2) is 65.1 Å². The highest BCUT2D eigenvalue weighted by Crippen LogP contribution is 2.37. The van der Waals surface area contributed by atoms with Gasteiger partial charge in [0.15, 0.2) is 11.6 Å². The first-order chi connectivity index (χ1) is 18.5. The van der Waals surface area contributed by atoms with Gasteiger partial charge in [0.05, 0.1) is 10.6 Å². The maximum atomic E-state index is 13.2. The van der Waals surface area contributed by atoms with Crippen LogP contribution in [0, 0.1) is 0 Å². The smallest absolute Gasteiger partial charge is 0.272 e. The summed E-state index contributed by atoms with van der Waals surface area (Å²) in [4.78, 5) is 38.3. The Morgan fingerprint density at radius 2 is 1.67 bits per heavy atom. The third-order valence-corrected chi connectivity index (χ3v) is 7.19. The van der Waals surface area contributed by atoms with E-state index in [1.165, 1.54) is 18.2 Å². The summed E-state index contributed by atoms with van der Waals surface area (Å²) in [6, 6.07) is 16.1. The van der Waals surface area contributed by atoms with Crippen LogP contribution in [-0.2, 0) is 17.6 Å².